The Kier molecular flexibility index (Phi) is 4.77. The van der Waals surface area contributed by atoms with Gasteiger partial charge in [0.05, 0.1) is 10.7 Å². The number of nitro groups is 1. The smallest absolute Gasteiger partial charge is 0.292 e. The molecule has 1 amide bonds. The number of nitrogens with one attached hydrogen (secondary N) is 1. The van der Waals surface area contributed by atoms with Crippen LogP contribution in [0.5, 0.6) is 0 Å². The van der Waals surface area contributed by atoms with E-state index in [0.29, 0.717) is 11.5 Å². The van der Waals surface area contributed by atoms with Crippen LogP contribution in [-0.2, 0) is 10.5 Å². The second-order valence-electron chi connectivity index (χ2n) is 3.32. The third kappa shape index (κ3) is 3.95. The highest BCUT2D eigenvalue weighted by atomic mass is 32.2. The zero-order valence-electron chi connectivity index (χ0n) is 9.30. The Morgan fingerprint density at radius 3 is 2.82 bits per heavy atom. The first kappa shape index (κ1) is 13.3. The minimum atomic E-state index is -0.517. The largest absolute Gasteiger partial charge is 0.393 e. The van der Waals surface area contributed by atoms with Crippen molar-refractivity contribution < 1.29 is 9.72 Å². The van der Waals surface area contributed by atoms with Gasteiger partial charge in [-0.1, -0.05) is 6.07 Å². The van der Waals surface area contributed by atoms with Gasteiger partial charge in [-0.25, -0.2) is 0 Å². The minimum absolute atomic E-state index is 0.0510. The highest BCUT2D eigenvalue weighted by Crippen LogP contribution is 2.24. The van der Waals surface area contributed by atoms with Gasteiger partial charge in [0.1, 0.15) is 5.69 Å². The summed E-state index contributed by atoms with van der Waals surface area (Å²) < 4.78 is 0. The Hall–Kier alpha value is -1.76. The number of anilines is 1. The van der Waals surface area contributed by atoms with Gasteiger partial charge in [0.25, 0.3) is 5.69 Å². The number of nitrogens with two attached hydrogens (primary N) is 1. The zero-order chi connectivity index (χ0) is 12.8. The lowest BCUT2D eigenvalue weighted by Crippen LogP contribution is -2.19. The molecule has 0 aliphatic rings. The monoisotopic (exact) mass is 255 g/mol. The maximum Gasteiger partial charge on any atom is 0.292 e. The Balaban J connectivity index is 2.59. The average Bonchev–Trinajstić information content (AvgIpc) is 2.28. The first-order valence-electron chi connectivity index (χ1n) is 4.85. The molecule has 0 fully saturated rings. The van der Waals surface area contributed by atoms with Crippen LogP contribution in [0.1, 0.15) is 5.56 Å². The van der Waals surface area contributed by atoms with Crippen LogP contribution in [0.15, 0.2) is 18.2 Å². The van der Waals surface area contributed by atoms with Gasteiger partial charge in [-0.3, -0.25) is 14.9 Å². The number of benzene rings is 1. The predicted octanol–water partition coefficient (Wildman–Crippen LogP) is 1.16. The molecule has 1 aromatic carbocycles. The van der Waals surface area contributed by atoms with Crippen molar-refractivity contribution in [3.05, 3.63) is 33.9 Å². The number of nitro benzene ring substituents is 1. The second-order valence-corrected chi connectivity index (χ2v) is 4.30. The molecule has 0 unspecified atom stereocenters. The molecule has 3 N–H and O–H groups in total. The fraction of sp³-hybridized carbons (Fsp3) is 0.300. The molecule has 0 aromatic heterocycles. The van der Waals surface area contributed by atoms with E-state index in [1.165, 1.54) is 17.8 Å². The first-order valence-corrected chi connectivity index (χ1v) is 6.01. The van der Waals surface area contributed by atoms with Crippen molar-refractivity contribution in [3.63, 3.8) is 0 Å². The molecule has 0 spiro atoms. The molecule has 6 nitrogen and oxygen atoms in total. The summed E-state index contributed by atoms with van der Waals surface area (Å²) in [5.74, 6) is 0.896. The van der Waals surface area contributed by atoms with Crippen molar-refractivity contribution in [1.29, 1.82) is 0 Å². The van der Waals surface area contributed by atoms with Crippen LogP contribution in [0.3, 0.4) is 0 Å². The standard InChI is InChI=1S/C10H13N3O3S/c1-12-10(14)6-17-5-7-2-3-9(13(15)16)8(11)4-7/h2-4H,5-6,11H2,1H3,(H,12,14). The zero-order valence-corrected chi connectivity index (χ0v) is 10.1. The quantitative estimate of drug-likeness (QED) is 0.467. The molecule has 0 saturated heterocycles. The summed E-state index contributed by atoms with van der Waals surface area (Å²) in [4.78, 5) is 21.0. The summed E-state index contributed by atoms with van der Waals surface area (Å²) in [6.45, 7) is 0. The Morgan fingerprint density at radius 1 is 1.59 bits per heavy atom. The maximum atomic E-state index is 11.0. The lowest BCUT2D eigenvalue weighted by Gasteiger charge is -2.03. The average molecular weight is 255 g/mol. The molecule has 0 radical (unpaired) electrons. The normalized spacial score (nSPS) is 9.94. The van der Waals surface area contributed by atoms with Crippen molar-refractivity contribution in [2.75, 3.05) is 18.5 Å². The molecule has 17 heavy (non-hydrogen) atoms. The molecule has 0 atom stereocenters. The van der Waals surface area contributed by atoms with Crippen LogP contribution in [0, 0.1) is 10.1 Å². The van der Waals surface area contributed by atoms with Gasteiger partial charge < -0.3 is 11.1 Å². The lowest BCUT2D eigenvalue weighted by atomic mass is 10.2. The molecule has 0 saturated carbocycles. The lowest BCUT2D eigenvalue weighted by molar-refractivity contribution is -0.383. The Morgan fingerprint density at radius 2 is 2.29 bits per heavy atom. The Bertz CT molecular complexity index is 437. The molecule has 0 aliphatic carbocycles. The van der Waals surface area contributed by atoms with E-state index in [4.69, 9.17) is 5.73 Å². The number of amides is 1. The van der Waals surface area contributed by atoms with E-state index >= 15 is 0 Å². The van der Waals surface area contributed by atoms with Gasteiger partial charge >= 0.3 is 0 Å². The van der Waals surface area contributed by atoms with Crippen molar-refractivity contribution in [2.24, 2.45) is 0 Å². The van der Waals surface area contributed by atoms with Crippen LogP contribution in [0.25, 0.3) is 0 Å². The molecule has 7 heteroatoms. The third-order valence-corrected chi connectivity index (χ3v) is 3.07. The number of hydrogen-bond acceptors (Lipinski definition) is 5. The van der Waals surface area contributed by atoms with Gasteiger partial charge in [-0.2, -0.15) is 0 Å². The summed E-state index contributed by atoms with van der Waals surface area (Å²) in [5.41, 5.74) is 6.47. The van der Waals surface area contributed by atoms with Gasteiger partial charge in [0.2, 0.25) is 5.91 Å². The van der Waals surface area contributed by atoms with Crippen LogP contribution in [0.4, 0.5) is 11.4 Å². The number of thioether (sulfide) groups is 1. The fourth-order valence-corrected chi connectivity index (χ4v) is 2.04. The molecule has 1 rings (SSSR count). The van der Waals surface area contributed by atoms with Gasteiger partial charge in [-0.05, 0) is 11.6 Å². The van der Waals surface area contributed by atoms with Crippen molar-refractivity contribution >= 4 is 29.0 Å². The van der Waals surface area contributed by atoms with Crippen LogP contribution in [-0.4, -0.2) is 23.6 Å². The number of rotatable bonds is 5. The Labute approximate surface area is 103 Å². The molecular formula is C10H13N3O3S. The summed E-state index contributed by atoms with van der Waals surface area (Å²) in [6, 6.07) is 4.59. The van der Waals surface area contributed by atoms with Gasteiger partial charge in [-0.15, -0.1) is 11.8 Å². The van der Waals surface area contributed by atoms with E-state index < -0.39 is 4.92 Å². The topological polar surface area (TPSA) is 98.3 Å². The van der Waals surface area contributed by atoms with Gasteiger partial charge in [0, 0.05) is 18.9 Å². The molecule has 92 valence electrons. The van der Waals surface area contributed by atoms with Crippen LogP contribution >= 0.6 is 11.8 Å². The van der Waals surface area contributed by atoms with E-state index in [2.05, 4.69) is 5.32 Å². The highest BCUT2D eigenvalue weighted by Gasteiger charge is 2.11. The van der Waals surface area contributed by atoms with E-state index in [1.54, 1.807) is 19.2 Å². The predicted molar refractivity (Wildman–Crippen MR) is 67.7 cm³/mol. The van der Waals surface area contributed by atoms with E-state index in [1.807, 2.05) is 0 Å². The molecule has 0 aliphatic heterocycles. The summed E-state index contributed by atoms with van der Waals surface area (Å²) >= 11 is 1.42. The molecule has 1 aromatic rings. The van der Waals surface area contributed by atoms with Crippen LogP contribution < -0.4 is 11.1 Å². The van der Waals surface area contributed by atoms with Crippen molar-refractivity contribution in [2.45, 2.75) is 5.75 Å². The number of nitrogen functional groups attached to an aromatic ring is 1. The molecule has 0 heterocycles. The highest BCUT2D eigenvalue weighted by molar-refractivity contribution is 7.99. The fourth-order valence-electron chi connectivity index (χ4n) is 1.19. The second kappa shape index (κ2) is 6.09. The number of hydrogen-bond donors (Lipinski definition) is 2. The summed E-state index contributed by atoms with van der Waals surface area (Å²) in [7, 11) is 1.58. The summed E-state index contributed by atoms with van der Waals surface area (Å²) in [6.07, 6.45) is 0. The molecule has 0 bridgehead atoms. The van der Waals surface area contributed by atoms with E-state index in [-0.39, 0.29) is 17.3 Å². The van der Waals surface area contributed by atoms with Crippen molar-refractivity contribution in [1.82, 2.24) is 5.32 Å². The number of carbonyl (C=O) groups excluding carboxylic acids is 1. The number of carbonyl (C=O) groups is 1. The number of nitrogens with zero attached hydrogens (tertiary/aromatic N) is 1. The van der Waals surface area contributed by atoms with Crippen LogP contribution in [0.2, 0.25) is 0 Å². The van der Waals surface area contributed by atoms with E-state index in [0.717, 1.165) is 5.56 Å². The SMILES string of the molecule is CNC(=O)CSCc1ccc([N+](=O)[O-])c(N)c1. The van der Waals surface area contributed by atoms with E-state index in [9.17, 15) is 14.9 Å². The van der Waals surface area contributed by atoms with Crippen molar-refractivity contribution in [3.8, 4) is 0 Å². The third-order valence-electron chi connectivity index (χ3n) is 2.07. The minimum Gasteiger partial charge on any atom is -0.393 e. The summed E-state index contributed by atoms with van der Waals surface area (Å²) in [5, 5.41) is 13.1. The maximum absolute atomic E-state index is 11.0. The van der Waals surface area contributed by atoms with Gasteiger partial charge in [0.15, 0.2) is 0 Å². The first-order chi connectivity index (χ1) is 8.04. The molecular weight excluding hydrogens is 242 g/mol.